The molecule has 2 aliphatic rings. The summed E-state index contributed by atoms with van der Waals surface area (Å²) in [5.74, 6) is -1.18. The maximum atomic E-state index is 12.3. The number of carboxylic acid groups (broad SMARTS) is 1. The van der Waals surface area contributed by atoms with E-state index in [1.54, 1.807) is 27.7 Å². The van der Waals surface area contributed by atoms with Crippen molar-refractivity contribution in [2.24, 2.45) is 0 Å². The zero-order valence-corrected chi connectivity index (χ0v) is 29.7. The predicted molar refractivity (Wildman–Crippen MR) is 186 cm³/mol. The average Bonchev–Trinajstić information content (AvgIpc) is 2.99. The summed E-state index contributed by atoms with van der Waals surface area (Å²) >= 11 is 0. The normalized spacial score (nSPS) is 18.2. The number of carbonyl (C=O) groups is 2. The molecule has 0 spiro atoms. The highest BCUT2D eigenvalue weighted by atomic mass is 28.4. The van der Waals surface area contributed by atoms with Gasteiger partial charge in [0.25, 0.3) is 8.32 Å². The first-order chi connectivity index (χ1) is 21.2. The number of amides is 1. The lowest BCUT2D eigenvalue weighted by Gasteiger charge is -2.45. The van der Waals surface area contributed by atoms with E-state index in [2.05, 4.69) is 31.4 Å². The summed E-state index contributed by atoms with van der Waals surface area (Å²) in [7, 11) is -2.97. The SMILES string of the molecule is C1CCC(NC2CCCCC2)CC1.CC(O[Si](c1ccccc1)(c1ccccc1)C(C)(C)C)[C@H](NC(=O)OC(C)(C)C)C(=O)O. The molecule has 2 fully saturated rings. The van der Waals surface area contributed by atoms with Crippen LogP contribution in [-0.2, 0) is 14.0 Å². The first-order valence-electron chi connectivity index (χ1n) is 17.0. The summed E-state index contributed by atoms with van der Waals surface area (Å²) in [6.07, 6.45) is 13.0. The molecular formula is C37H58N2O5Si. The number of carbonyl (C=O) groups excluding carboxylic acids is 1. The van der Waals surface area contributed by atoms with E-state index in [0.29, 0.717) is 0 Å². The number of hydrogen-bond acceptors (Lipinski definition) is 5. The van der Waals surface area contributed by atoms with Crippen LogP contribution in [0.15, 0.2) is 60.7 Å². The molecule has 0 bridgehead atoms. The minimum atomic E-state index is -2.97. The van der Waals surface area contributed by atoms with Gasteiger partial charge in [-0.3, -0.25) is 0 Å². The largest absolute Gasteiger partial charge is 0.480 e. The van der Waals surface area contributed by atoms with Crippen LogP contribution >= 0.6 is 0 Å². The van der Waals surface area contributed by atoms with Gasteiger partial charge in [-0.1, -0.05) is 120 Å². The zero-order valence-electron chi connectivity index (χ0n) is 28.7. The highest BCUT2D eigenvalue weighted by Crippen LogP contribution is 2.38. The fourth-order valence-corrected chi connectivity index (χ4v) is 11.4. The molecule has 2 atom stereocenters. The van der Waals surface area contributed by atoms with Crippen molar-refractivity contribution < 1.29 is 23.9 Å². The van der Waals surface area contributed by atoms with Gasteiger partial charge < -0.3 is 24.9 Å². The molecule has 250 valence electrons. The number of alkyl carbamates (subject to hydrolysis) is 1. The monoisotopic (exact) mass is 638 g/mol. The number of nitrogens with one attached hydrogen (secondary N) is 2. The van der Waals surface area contributed by atoms with Crippen molar-refractivity contribution in [1.82, 2.24) is 10.6 Å². The second-order valence-corrected chi connectivity index (χ2v) is 19.0. The third-order valence-electron chi connectivity index (χ3n) is 8.87. The Balaban J connectivity index is 0.000000350. The Bertz CT molecular complexity index is 1110. The Morgan fingerprint density at radius 2 is 1.18 bits per heavy atom. The summed E-state index contributed by atoms with van der Waals surface area (Å²) in [5.41, 5.74) is -0.741. The van der Waals surface area contributed by atoms with E-state index in [1.807, 2.05) is 60.7 Å². The molecule has 1 unspecified atom stereocenters. The number of benzene rings is 2. The standard InChI is InChI=1S/C25H35NO5Si.C12H23N/c1-18(21(22(27)28)26-23(29)30-24(2,3)4)31-32(25(5,6)7,19-14-10-8-11-15-19)20-16-12-9-13-17-20;1-3-7-11(8-4-1)13-12-9-5-2-6-10-12/h8-18,21H,1-7H3,(H,26,29)(H,27,28);11-13H,1-10H2/t18?,21-;/m0./s1. The maximum Gasteiger partial charge on any atom is 0.408 e. The number of carboxylic acids is 1. The molecule has 2 aromatic rings. The molecule has 8 heteroatoms. The van der Waals surface area contributed by atoms with Crippen molar-refractivity contribution in [2.45, 2.75) is 148 Å². The summed E-state index contributed by atoms with van der Waals surface area (Å²) in [6, 6.07) is 20.4. The molecule has 0 heterocycles. The minimum absolute atomic E-state index is 0.320. The van der Waals surface area contributed by atoms with Crippen LogP contribution in [0.4, 0.5) is 4.79 Å². The topological polar surface area (TPSA) is 96.9 Å². The van der Waals surface area contributed by atoms with Crippen molar-refractivity contribution in [3.63, 3.8) is 0 Å². The molecule has 1 amide bonds. The van der Waals surface area contributed by atoms with E-state index in [-0.39, 0.29) is 5.04 Å². The van der Waals surface area contributed by atoms with Crippen molar-refractivity contribution >= 4 is 30.8 Å². The van der Waals surface area contributed by atoms with Crippen LogP contribution in [0.3, 0.4) is 0 Å². The molecule has 2 saturated carbocycles. The highest BCUT2D eigenvalue weighted by Gasteiger charge is 2.52. The lowest BCUT2D eigenvalue weighted by Crippen LogP contribution is -2.69. The summed E-state index contributed by atoms with van der Waals surface area (Å²) in [5, 5.41) is 18.0. The predicted octanol–water partition coefficient (Wildman–Crippen LogP) is 7.17. The molecule has 3 N–H and O–H groups in total. The van der Waals surface area contributed by atoms with Crippen molar-refractivity contribution in [3.05, 3.63) is 60.7 Å². The lowest BCUT2D eigenvalue weighted by atomic mass is 9.91. The fourth-order valence-electron chi connectivity index (χ4n) is 6.72. The molecule has 0 radical (unpaired) electrons. The summed E-state index contributed by atoms with van der Waals surface area (Å²) in [4.78, 5) is 24.5. The van der Waals surface area contributed by atoms with E-state index in [9.17, 15) is 14.7 Å². The van der Waals surface area contributed by atoms with Gasteiger partial charge in [-0.05, 0) is 68.8 Å². The maximum absolute atomic E-state index is 12.3. The molecule has 45 heavy (non-hydrogen) atoms. The van der Waals surface area contributed by atoms with Crippen molar-refractivity contribution in [2.75, 3.05) is 0 Å². The molecule has 2 aromatic carbocycles. The number of hydrogen-bond donors (Lipinski definition) is 3. The second-order valence-electron chi connectivity index (χ2n) is 14.8. The van der Waals surface area contributed by atoms with E-state index in [4.69, 9.17) is 9.16 Å². The van der Waals surface area contributed by atoms with E-state index in [1.165, 1.54) is 64.2 Å². The minimum Gasteiger partial charge on any atom is -0.480 e. The third kappa shape index (κ3) is 11.0. The van der Waals surface area contributed by atoms with E-state index >= 15 is 0 Å². The van der Waals surface area contributed by atoms with Gasteiger partial charge in [-0.25, -0.2) is 9.59 Å². The Kier molecular flexibility index (Phi) is 13.7. The Hall–Kier alpha value is -2.68. The van der Waals surface area contributed by atoms with Crippen LogP contribution in [0.5, 0.6) is 0 Å². The molecule has 0 saturated heterocycles. The second kappa shape index (κ2) is 16.8. The highest BCUT2D eigenvalue weighted by molar-refractivity contribution is 6.99. The van der Waals surface area contributed by atoms with Crippen molar-refractivity contribution in [3.8, 4) is 0 Å². The van der Waals surface area contributed by atoms with Gasteiger partial charge in [-0.2, -0.15) is 0 Å². The van der Waals surface area contributed by atoms with E-state index < -0.39 is 38.1 Å². The van der Waals surface area contributed by atoms with Crippen LogP contribution < -0.4 is 21.0 Å². The zero-order chi connectivity index (χ0) is 33.1. The molecule has 7 nitrogen and oxygen atoms in total. The number of rotatable bonds is 9. The van der Waals surface area contributed by atoms with Gasteiger partial charge in [-0.15, -0.1) is 0 Å². The van der Waals surface area contributed by atoms with Gasteiger partial charge in [0, 0.05) is 12.1 Å². The molecule has 0 aromatic heterocycles. The molecule has 2 aliphatic carbocycles. The van der Waals surface area contributed by atoms with Crippen LogP contribution in [0.1, 0.15) is 113 Å². The summed E-state index contributed by atoms with van der Waals surface area (Å²) in [6.45, 7) is 13.2. The first-order valence-corrected chi connectivity index (χ1v) is 18.9. The first kappa shape index (κ1) is 36.8. The van der Waals surface area contributed by atoms with Gasteiger partial charge in [0.05, 0.1) is 6.10 Å². The van der Waals surface area contributed by atoms with Gasteiger partial charge in [0.15, 0.2) is 6.04 Å². The molecule has 4 rings (SSSR count). The van der Waals surface area contributed by atoms with Crippen LogP contribution in [0, 0.1) is 0 Å². The quantitative estimate of drug-likeness (QED) is 0.252. The third-order valence-corrected chi connectivity index (χ3v) is 14.0. The van der Waals surface area contributed by atoms with E-state index in [0.717, 1.165) is 22.5 Å². The Labute approximate surface area is 273 Å². The van der Waals surface area contributed by atoms with Gasteiger partial charge in [0.1, 0.15) is 5.60 Å². The van der Waals surface area contributed by atoms with Crippen LogP contribution in [-0.4, -0.2) is 55.3 Å². The van der Waals surface area contributed by atoms with Gasteiger partial charge in [0.2, 0.25) is 0 Å². The lowest BCUT2D eigenvalue weighted by molar-refractivity contribution is -0.141. The van der Waals surface area contributed by atoms with Crippen LogP contribution in [0.2, 0.25) is 5.04 Å². The van der Waals surface area contributed by atoms with Gasteiger partial charge >= 0.3 is 12.1 Å². The van der Waals surface area contributed by atoms with Crippen LogP contribution in [0.25, 0.3) is 0 Å². The fraction of sp³-hybridized carbons (Fsp3) is 0.622. The Morgan fingerprint density at radius 3 is 1.53 bits per heavy atom. The smallest absolute Gasteiger partial charge is 0.408 e. The Morgan fingerprint density at radius 1 is 0.756 bits per heavy atom. The number of ether oxygens (including phenoxy) is 1. The number of aliphatic carboxylic acids is 1. The molecule has 0 aliphatic heterocycles. The summed E-state index contributed by atoms with van der Waals surface area (Å²) < 4.78 is 12.1. The average molecular weight is 639 g/mol. The molecular weight excluding hydrogens is 581 g/mol. The van der Waals surface area contributed by atoms with Crippen molar-refractivity contribution in [1.29, 1.82) is 0 Å².